The molecule has 0 saturated heterocycles. The number of para-hydroxylation sites is 1. The number of anilines is 1. The van der Waals surface area contributed by atoms with Crippen molar-refractivity contribution in [1.29, 1.82) is 0 Å². The van der Waals surface area contributed by atoms with Crippen molar-refractivity contribution in [2.75, 3.05) is 17.9 Å². The number of hydrogen-bond donors (Lipinski definition) is 1. The Morgan fingerprint density at radius 1 is 0.775 bits per heavy atom. The Kier molecular flexibility index (Phi) is 9.74. The number of nitrogens with zero attached hydrogens (tertiary/aromatic N) is 2. The van der Waals surface area contributed by atoms with E-state index in [-0.39, 0.29) is 23.8 Å². The number of halogens is 1. The molecule has 0 saturated carbocycles. The number of rotatable bonds is 11. The molecule has 0 aromatic heterocycles. The molecule has 1 N–H and O–H groups in total. The molecular weight excluding hydrogens is 590 g/mol. The van der Waals surface area contributed by atoms with Gasteiger partial charge in [0.25, 0.3) is 10.0 Å². The van der Waals surface area contributed by atoms with Crippen LogP contribution in [0.1, 0.15) is 11.1 Å². The van der Waals surface area contributed by atoms with Gasteiger partial charge in [-0.05, 0) is 47.5 Å². The van der Waals surface area contributed by atoms with Crippen molar-refractivity contribution in [1.82, 2.24) is 10.2 Å². The van der Waals surface area contributed by atoms with Gasteiger partial charge in [-0.2, -0.15) is 0 Å². The Balaban J connectivity index is 1.76. The van der Waals surface area contributed by atoms with Crippen LogP contribution in [0.15, 0.2) is 125 Å². The fourth-order valence-electron chi connectivity index (χ4n) is 4.35. The first-order valence-electron chi connectivity index (χ1n) is 12.7. The Bertz CT molecular complexity index is 1520. The topological polar surface area (TPSA) is 86.8 Å². The largest absolute Gasteiger partial charge is 0.357 e. The van der Waals surface area contributed by atoms with Crippen LogP contribution in [0.5, 0.6) is 0 Å². The van der Waals surface area contributed by atoms with Gasteiger partial charge >= 0.3 is 0 Å². The highest BCUT2D eigenvalue weighted by Gasteiger charge is 2.34. The molecule has 1 atom stereocenters. The van der Waals surface area contributed by atoms with Gasteiger partial charge < -0.3 is 10.2 Å². The van der Waals surface area contributed by atoms with E-state index in [0.717, 1.165) is 19.9 Å². The molecule has 2 amide bonds. The van der Waals surface area contributed by atoms with E-state index < -0.39 is 28.5 Å². The lowest BCUT2D eigenvalue weighted by Gasteiger charge is -2.33. The highest BCUT2D eigenvalue weighted by Crippen LogP contribution is 2.25. The molecule has 9 heteroatoms. The molecule has 7 nitrogen and oxygen atoms in total. The van der Waals surface area contributed by atoms with Crippen LogP contribution in [0.25, 0.3) is 0 Å². The number of benzene rings is 4. The standard InChI is InChI=1S/C31H30BrN3O4S/c1-33-31(37)29(21-24-11-5-2-6-12-24)34(22-25-17-19-26(32)20-18-25)30(36)23-35(27-13-7-3-8-14-27)40(38,39)28-15-9-4-10-16-28/h2-20,29H,21-23H2,1H3,(H,33,37). The predicted octanol–water partition coefficient (Wildman–Crippen LogP) is 5.03. The summed E-state index contributed by atoms with van der Waals surface area (Å²) in [5.41, 5.74) is 2.03. The van der Waals surface area contributed by atoms with Crippen molar-refractivity contribution in [2.45, 2.75) is 23.9 Å². The Hall–Kier alpha value is -3.95. The van der Waals surface area contributed by atoms with Crippen molar-refractivity contribution in [3.05, 3.63) is 131 Å². The van der Waals surface area contributed by atoms with Crippen molar-refractivity contribution in [2.24, 2.45) is 0 Å². The molecule has 0 aliphatic rings. The zero-order chi connectivity index (χ0) is 28.5. The predicted molar refractivity (Wildman–Crippen MR) is 160 cm³/mol. The number of carbonyl (C=O) groups is 2. The monoisotopic (exact) mass is 619 g/mol. The number of sulfonamides is 1. The molecule has 0 heterocycles. The number of amides is 2. The molecule has 40 heavy (non-hydrogen) atoms. The van der Waals surface area contributed by atoms with Gasteiger partial charge in [0.15, 0.2) is 0 Å². The van der Waals surface area contributed by atoms with Crippen LogP contribution in [0.4, 0.5) is 5.69 Å². The first kappa shape index (κ1) is 29.0. The first-order valence-corrected chi connectivity index (χ1v) is 14.9. The second-order valence-electron chi connectivity index (χ2n) is 9.13. The molecule has 4 aromatic carbocycles. The Morgan fingerprint density at radius 2 is 1.32 bits per heavy atom. The van der Waals surface area contributed by atoms with Gasteiger partial charge in [0.2, 0.25) is 11.8 Å². The maximum absolute atomic E-state index is 14.2. The summed E-state index contributed by atoms with van der Waals surface area (Å²) in [4.78, 5) is 28.9. The molecule has 0 aliphatic heterocycles. The van der Waals surface area contributed by atoms with E-state index in [1.807, 2.05) is 54.6 Å². The Morgan fingerprint density at radius 3 is 1.90 bits per heavy atom. The van der Waals surface area contributed by atoms with Crippen molar-refractivity contribution in [3.63, 3.8) is 0 Å². The lowest BCUT2D eigenvalue weighted by molar-refractivity contribution is -0.139. The fraction of sp³-hybridized carbons (Fsp3) is 0.161. The van der Waals surface area contributed by atoms with Gasteiger partial charge in [0, 0.05) is 24.5 Å². The van der Waals surface area contributed by atoms with E-state index in [4.69, 9.17) is 0 Å². The van der Waals surface area contributed by atoms with Gasteiger partial charge in [-0.25, -0.2) is 8.42 Å². The molecule has 206 valence electrons. The summed E-state index contributed by atoms with van der Waals surface area (Å²) in [6, 6.07) is 32.5. The molecule has 4 rings (SSSR count). The summed E-state index contributed by atoms with van der Waals surface area (Å²) in [6.07, 6.45) is 0.263. The minimum Gasteiger partial charge on any atom is -0.357 e. The van der Waals surface area contributed by atoms with E-state index in [9.17, 15) is 18.0 Å². The minimum atomic E-state index is -4.09. The molecular formula is C31H30BrN3O4S. The molecule has 0 spiro atoms. The molecule has 0 fully saturated rings. The molecule has 1 unspecified atom stereocenters. The summed E-state index contributed by atoms with van der Waals surface area (Å²) in [6.45, 7) is -0.370. The van der Waals surface area contributed by atoms with Gasteiger partial charge in [0.05, 0.1) is 10.6 Å². The molecule has 0 bridgehead atoms. The maximum atomic E-state index is 14.2. The average molecular weight is 621 g/mol. The van der Waals surface area contributed by atoms with Crippen molar-refractivity contribution < 1.29 is 18.0 Å². The van der Waals surface area contributed by atoms with E-state index in [0.29, 0.717) is 5.69 Å². The van der Waals surface area contributed by atoms with E-state index >= 15 is 0 Å². The average Bonchev–Trinajstić information content (AvgIpc) is 2.99. The van der Waals surface area contributed by atoms with Crippen molar-refractivity contribution >= 4 is 43.5 Å². The molecule has 0 aliphatic carbocycles. The van der Waals surface area contributed by atoms with Crippen LogP contribution in [-0.2, 0) is 32.6 Å². The maximum Gasteiger partial charge on any atom is 0.264 e. The van der Waals surface area contributed by atoms with Gasteiger partial charge in [-0.15, -0.1) is 0 Å². The van der Waals surface area contributed by atoms with E-state index in [2.05, 4.69) is 21.2 Å². The minimum absolute atomic E-state index is 0.0678. The smallest absolute Gasteiger partial charge is 0.264 e. The highest BCUT2D eigenvalue weighted by molar-refractivity contribution is 9.10. The van der Waals surface area contributed by atoms with Gasteiger partial charge in [-0.3, -0.25) is 13.9 Å². The molecule has 4 aromatic rings. The summed E-state index contributed by atoms with van der Waals surface area (Å²) in [5, 5.41) is 2.68. The number of carbonyl (C=O) groups excluding carboxylic acids is 2. The lowest BCUT2D eigenvalue weighted by Crippen LogP contribution is -2.53. The van der Waals surface area contributed by atoms with Crippen LogP contribution in [-0.4, -0.2) is 44.8 Å². The summed E-state index contributed by atoms with van der Waals surface area (Å²) >= 11 is 3.43. The van der Waals surface area contributed by atoms with Crippen LogP contribution in [0, 0.1) is 0 Å². The van der Waals surface area contributed by atoms with Crippen LogP contribution in [0.2, 0.25) is 0 Å². The van der Waals surface area contributed by atoms with E-state index in [1.54, 1.807) is 48.5 Å². The summed E-state index contributed by atoms with van der Waals surface area (Å²) in [5.74, 6) is -0.845. The molecule has 0 radical (unpaired) electrons. The first-order chi connectivity index (χ1) is 19.3. The second-order valence-corrected chi connectivity index (χ2v) is 11.9. The number of hydrogen-bond acceptors (Lipinski definition) is 4. The SMILES string of the molecule is CNC(=O)C(Cc1ccccc1)N(Cc1ccc(Br)cc1)C(=O)CN(c1ccccc1)S(=O)(=O)c1ccccc1. The lowest BCUT2D eigenvalue weighted by atomic mass is 10.0. The third kappa shape index (κ3) is 7.16. The van der Waals surface area contributed by atoms with Crippen LogP contribution >= 0.6 is 15.9 Å². The van der Waals surface area contributed by atoms with Crippen molar-refractivity contribution in [3.8, 4) is 0 Å². The highest BCUT2D eigenvalue weighted by atomic mass is 79.9. The normalized spacial score (nSPS) is 11.8. The van der Waals surface area contributed by atoms with Crippen LogP contribution < -0.4 is 9.62 Å². The summed E-state index contributed by atoms with van der Waals surface area (Å²) in [7, 11) is -2.57. The number of likely N-dealkylation sites (N-methyl/N-ethyl adjacent to an activating group) is 1. The fourth-order valence-corrected chi connectivity index (χ4v) is 6.05. The zero-order valence-electron chi connectivity index (χ0n) is 22.0. The summed E-state index contributed by atoms with van der Waals surface area (Å²) < 4.78 is 29.6. The van der Waals surface area contributed by atoms with Crippen LogP contribution in [0.3, 0.4) is 0 Å². The Labute approximate surface area is 243 Å². The van der Waals surface area contributed by atoms with E-state index in [1.165, 1.54) is 24.1 Å². The third-order valence-electron chi connectivity index (χ3n) is 6.44. The quantitative estimate of drug-likeness (QED) is 0.255. The van der Waals surface area contributed by atoms with Gasteiger partial charge in [0.1, 0.15) is 12.6 Å². The van der Waals surface area contributed by atoms with Gasteiger partial charge in [-0.1, -0.05) is 94.8 Å². The number of nitrogens with one attached hydrogen (secondary N) is 1. The zero-order valence-corrected chi connectivity index (χ0v) is 24.4. The third-order valence-corrected chi connectivity index (χ3v) is 8.75. The second kappa shape index (κ2) is 13.4.